The zero-order chi connectivity index (χ0) is 39.1. The summed E-state index contributed by atoms with van der Waals surface area (Å²) < 4.78 is 10.8. The van der Waals surface area contributed by atoms with Crippen molar-refractivity contribution >= 4 is 35.7 Å². The second-order valence-corrected chi connectivity index (χ2v) is 13.6. The normalized spacial score (nSPS) is 28.2. The smallest absolute Gasteiger partial charge is 0.404 e. The Kier molecular flexibility index (Phi) is 17.8. The number of nitrogens with one attached hydrogen (secondary N) is 6. The molecule has 0 aromatic heterocycles. The summed E-state index contributed by atoms with van der Waals surface area (Å²) in [4.78, 5) is 65.5. The number of nitrogens with zero attached hydrogens (tertiary/aromatic N) is 1. The quantitative estimate of drug-likeness (QED) is 0.0484. The van der Waals surface area contributed by atoms with Crippen molar-refractivity contribution in [1.82, 2.24) is 31.9 Å². The molecule has 22 nitrogen and oxygen atoms in total. The van der Waals surface area contributed by atoms with Gasteiger partial charge in [0.1, 0.15) is 18.2 Å². The SMILES string of the molecule is NCCC[C@H](N)CC(=O)NCCC[C@H](N)CC(=O)NCCC[C@H](N)CC(=O)N[C@@H]1[C@@H](O)[C@H](OC(N)=O)[C@@H](CO)O[C@H]1NC1=N[C@@H]2C(=O)NC[C@@H](O)[C@H]2N1. The average molecular weight is 759 g/mol. The molecule has 0 unspecified atom stereocenters. The molecule has 0 radical (unpaired) electrons. The minimum Gasteiger partial charge on any atom is -0.441 e. The number of nitrogens with two attached hydrogens (primary N) is 5. The second-order valence-electron chi connectivity index (χ2n) is 13.6. The van der Waals surface area contributed by atoms with Crippen LogP contribution in [0.25, 0.3) is 0 Å². The fraction of sp³-hybridized carbons (Fsp3) is 0.806. The summed E-state index contributed by atoms with van der Waals surface area (Å²) in [5.74, 6) is -1.36. The first-order valence-corrected chi connectivity index (χ1v) is 18.0. The number of hydrogen-bond acceptors (Lipinski definition) is 17. The molecule has 0 aromatic carbocycles. The Morgan fingerprint density at radius 1 is 0.925 bits per heavy atom. The van der Waals surface area contributed by atoms with E-state index in [1.165, 1.54) is 0 Å². The van der Waals surface area contributed by atoms with Crippen LogP contribution in [0.1, 0.15) is 57.8 Å². The van der Waals surface area contributed by atoms with E-state index in [1.54, 1.807) is 0 Å². The maximum atomic E-state index is 13.1. The molecule has 3 heterocycles. The molecule has 0 aromatic rings. The number of hydrogen-bond donors (Lipinski definition) is 14. The predicted molar refractivity (Wildman–Crippen MR) is 189 cm³/mol. The first kappa shape index (κ1) is 43.5. The van der Waals surface area contributed by atoms with Gasteiger partial charge in [0.15, 0.2) is 24.3 Å². The standard InChI is InChI=1S/C31H58N12O10/c32-7-1-4-15(33)10-20(46)37-8-2-5-16(34)11-21(47)38-9-3-6-17(35)12-22(48)40-25-26(49)27(53-30(36)51)19(14-44)52-29(25)43-31-41-23-18(45)13-39-28(50)24(23)42-31/h15-19,23-27,29,44-45,49H,1-14,32-35H2,(H2,36,51)(H,37,46)(H,38,47)(H,39,50)(H,40,48)(H2,41,42,43)/t15-,16-,17-,18+,19+,23+,24-,25+,26+,27+,29+/m0/s1. The highest BCUT2D eigenvalue weighted by atomic mass is 16.6. The largest absolute Gasteiger partial charge is 0.441 e. The Hall–Kier alpha value is -3.90. The van der Waals surface area contributed by atoms with E-state index >= 15 is 0 Å². The lowest BCUT2D eigenvalue weighted by atomic mass is 9.95. The van der Waals surface area contributed by atoms with Crippen molar-refractivity contribution in [3.05, 3.63) is 0 Å². The van der Waals surface area contributed by atoms with Crippen molar-refractivity contribution in [2.45, 2.75) is 125 Å². The summed E-state index contributed by atoms with van der Waals surface area (Å²) in [7, 11) is 0. The lowest BCUT2D eigenvalue weighted by Crippen LogP contribution is -2.70. The topological polar surface area (TPSA) is 379 Å². The average Bonchev–Trinajstić information content (AvgIpc) is 3.53. The van der Waals surface area contributed by atoms with Crippen LogP contribution in [0.3, 0.4) is 0 Å². The van der Waals surface area contributed by atoms with Crippen LogP contribution in [-0.2, 0) is 28.7 Å². The van der Waals surface area contributed by atoms with Gasteiger partial charge in [-0.25, -0.2) is 9.79 Å². The van der Waals surface area contributed by atoms with E-state index in [9.17, 15) is 39.3 Å². The highest BCUT2D eigenvalue weighted by molar-refractivity contribution is 5.92. The summed E-state index contributed by atoms with van der Waals surface area (Å²) in [5, 5.41) is 47.9. The minimum absolute atomic E-state index is 0.0174. The van der Waals surface area contributed by atoms with Gasteiger partial charge in [-0.15, -0.1) is 0 Å². The lowest BCUT2D eigenvalue weighted by Gasteiger charge is -2.44. The molecule has 5 amide bonds. The number of aliphatic hydroxyl groups is 3. The highest BCUT2D eigenvalue weighted by Crippen LogP contribution is 2.24. The number of fused-ring (bicyclic) bond motifs is 1. The maximum absolute atomic E-state index is 13.1. The van der Waals surface area contributed by atoms with Crippen molar-refractivity contribution in [3.8, 4) is 0 Å². The van der Waals surface area contributed by atoms with Gasteiger partial charge in [0, 0.05) is 57.0 Å². The molecule has 0 saturated carbocycles. The van der Waals surface area contributed by atoms with E-state index in [4.69, 9.17) is 38.1 Å². The van der Waals surface area contributed by atoms with E-state index in [1.807, 2.05) is 0 Å². The van der Waals surface area contributed by atoms with Crippen LogP contribution in [0.5, 0.6) is 0 Å². The molecule has 53 heavy (non-hydrogen) atoms. The van der Waals surface area contributed by atoms with E-state index < -0.39 is 85.4 Å². The molecular weight excluding hydrogens is 700 g/mol. The van der Waals surface area contributed by atoms with Crippen LogP contribution >= 0.6 is 0 Å². The van der Waals surface area contributed by atoms with E-state index in [2.05, 4.69) is 36.9 Å². The number of ether oxygens (including phenoxy) is 2. The van der Waals surface area contributed by atoms with Gasteiger partial charge in [0.05, 0.1) is 18.8 Å². The molecule has 3 aliphatic rings. The third kappa shape index (κ3) is 14.1. The fourth-order valence-corrected chi connectivity index (χ4v) is 6.31. The Labute approximate surface area is 307 Å². The first-order chi connectivity index (χ1) is 25.2. The van der Waals surface area contributed by atoms with Crippen molar-refractivity contribution < 1.29 is 48.8 Å². The third-order valence-corrected chi connectivity index (χ3v) is 9.11. The number of aliphatic hydroxyl groups excluding tert-OH is 3. The summed E-state index contributed by atoms with van der Waals surface area (Å²) in [6.07, 6.45) is -4.27. The fourth-order valence-electron chi connectivity index (χ4n) is 6.31. The molecular formula is C31H58N12O10. The Morgan fingerprint density at radius 2 is 1.49 bits per heavy atom. The van der Waals surface area contributed by atoms with Crippen molar-refractivity contribution in [2.24, 2.45) is 33.7 Å². The first-order valence-electron chi connectivity index (χ1n) is 18.0. The number of carbonyl (C=O) groups is 5. The minimum atomic E-state index is -1.62. The zero-order valence-electron chi connectivity index (χ0n) is 29.8. The highest BCUT2D eigenvalue weighted by Gasteiger charge is 2.49. The monoisotopic (exact) mass is 758 g/mol. The van der Waals surface area contributed by atoms with Crippen LogP contribution in [0, 0.1) is 0 Å². The van der Waals surface area contributed by atoms with Crippen LogP contribution in [0.4, 0.5) is 4.79 Å². The summed E-state index contributed by atoms with van der Waals surface area (Å²) in [6, 6.07) is -4.24. The molecule has 2 saturated heterocycles. The Morgan fingerprint density at radius 3 is 2.02 bits per heavy atom. The number of amides is 5. The molecule has 3 rings (SSSR count). The lowest BCUT2D eigenvalue weighted by molar-refractivity contribution is -0.198. The Bertz CT molecular complexity index is 1260. The van der Waals surface area contributed by atoms with E-state index in [0.29, 0.717) is 51.7 Å². The number of piperidine rings is 1. The number of primary amides is 1. The van der Waals surface area contributed by atoms with Crippen molar-refractivity contribution in [2.75, 3.05) is 32.8 Å². The molecule has 0 spiro atoms. The molecule has 3 aliphatic heterocycles. The zero-order valence-corrected chi connectivity index (χ0v) is 29.8. The molecule has 0 aliphatic carbocycles. The van der Waals surface area contributed by atoms with E-state index in [0.717, 1.165) is 6.42 Å². The third-order valence-electron chi connectivity index (χ3n) is 9.11. The van der Waals surface area contributed by atoms with Gasteiger partial charge in [-0.1, -0.05) is 0 Å². The number of rotatable bonds is 21. The van der Waals surface area contributed by atoms with Crippen molar-refractivity contribution in [3.63, 3.8) is 0 Å². The number of carbonyl (C=O) groups excluding carboxylic acids is 5. The molecule has 22 heteroatoms. The van der Waals surface area contributed by atoms with Crippen LogP contribution in [0.15, 0.2) is 4.99 Å². The Balaban J connectivity index is 1.42. The second kappa shape index (κ2) is 21.7. The van der Waals surface area contributed by atoms with Crippen LogP contribution < -0.4 is 60.6 Å². The van der Waals surface area contributed by atoms with Crippen LogP contribution in [-0.4, -0.2) is 151 Å². The van der Waals surface area contributed by atoms with Crippen LogP contribution in [0.2, 0.25) is 0 Å². The van der Waals surface area contributed by atoms with Crippen molar-refractivity contribution in [1.29, 1.82) is 0 Å². The van der Waals surface area contributed by atoms with E-state index in [-0.39, 0.29) is 49.6 Å². The van der Waals surface area contributed by atoms with Gasteiger partial charge in [-0.3, -0.25) is 19.2 Å². The molecule has 0 bridgehead atoms. The predicted octanol–water partition coefficient (Wildman–Crippen LogP) is -6.53. The summed E-state index contributed by atoms with van der Waals surface area (Å²) in [6.45, 7) is 0.570. The molecule has 2 fully saturated rings. The van der Waals surface area contributed by atoms with Gasteiger partial charge in [-0.2, -0.15) is 0 Å². The molecule has 19 N–H and O–H groups in total. The van der Waals surface area contributed by atoms with Gasteiger partial charge >= 0.3 is 6.09 Å². The van der Waals surface area contributed by atoms with Gasteiger partial charge in [0.25, 0.3) is 0 Å². The van der Waals surface area contributed by atoms with Gasteiger partial charge < -0.3 is 85.4 Å². The summed E-state index contributed by atoms with van der Waals surface area (Å²) in [5.41, 5.74) is 28.8. The summed E-state index contributed by atoms with van der Waals surface area (Å²) >= 11 is 0. The van der Waals surface area contributed by atoms with Gasteiger partial charge in [-0.05, 0) is 45.1 Å². The number of β-amino-alcohol motifs (C(OH)–C–C–N with tert-alkyl or cyclic N) is 1. The number of aliphatic imine (C=N–C) groups is 1. The maximum Gasteiger partial charge on any atom is 0.404 e. The molecule has 302 valence electrons. The van der Waals surface area contributed by atoms with Gasteiger partial charge in [0.2, 0.25) is 23.6 Å². The molecule has 11 atom stereocenters. The number of guanidine groups is 1.